The first kappa shape index (κ1) is 22.9. The summed E-state index contributed by atoms with van der Waals surface area (Å²) in [6, 6.07) is 16.4. The number of carbonyl (C=O) groups is 2. The molecule has 174 valence electrons. The average molecular weight is 460 g/mol. The van der Waals surface area contributed by atoms with Crippen LogP contribution < -0.4 is 4.74 Å². The number of ether oxygens (including phenoxy) is 2. The average Bonchev–Trinajstić information content (AvgIpc) is 3.50. The van der Waals surface area contributed by atoms with Crippen molar-refractivity contribution in [3.63, 3.8) is 0 Å². The molecule has 0 unspecified atom stereocenters. The van der Waals surface area contributed by atoms with Crippen molar-refractivity contribution in [2.45, 2.75) is 26.8 Å². The molecule has 0 atom stereocenters. The minimum absolute atomic E-state index is 0.234. The van der Waals surface area contributed by atoms with Gasteiger partial charge in [0.2, 0.25) is 5.78 Å². The van der Waals surface area contributed by atoms with E-state index in [-0.39, 0.29) is 12.4 Å². The summed E-state index contributed by atoms with van der Waals surface area (Å²) in [5.74, 6) is 0.0235. The first-order chi connectivity index (χ1) is 16.5. The number of hydrogen-bond donors (Lipinski definition) is 0. The predicted octanol–water partition coefficient (Wildman–Crippen LogP) is 3.37. The van der Waals surface area contributed by atoms with Gasteiger partial charge in [-0.05, 0) is 78.7 Å². The maximum atomic E-state index is 12.8. The quantitative estimate of drug-likeness (QED) is 0.279. The monoisotopic (exact) mass is 459 g/mol. The Balaban J connectivity index is 1.35. The lowest BCUT2D eigenvalue weighted by Crippen LogP contribution is -2.15. The fourth-order valence-electron chi connectivity index (χ4n) is 3.78. The second-order valence-electron chi connectivity index (χ2n) is 7.84. The van der Waals surface area contributed by atoms with Crippen LogP contribution in [-0.4, -0.2) is 50.2 Å². The Morgan fingerprint density at radius 3 is 2.38 bits per heavy atom. The van der Waals surface area contributed by atoms with Gasteiger partial charge in [-0.25, -0.2) is 9.48 Å². The van der Waals surface area contributed by atoms with E-state index < -0.39 is 5.97 Å². The zero-order valence-corrected chi connectivity index (χ0v) is 19.3. The highest BCUT2D eigenvalue weighted by Crippen LogP contribution is 2.18. The lowest BCUT2D eigenvalue weighted by molar-refractivity contribution is 0.0474. The zero-order valence-electron chi connectivity index (χ0n) is 19.3. The van der Waals surface area contributed by atoms with Crippen LogP contribution in [0.4, 0.5) is 0 Å². The SMILES string of the molecule is COc1ccc(CCn2c(C)cc(C(=O)COC(=O)c3ccc(-n4cnnn4)cc3)c2C)cc1. The Morgan fingerprint density at radius 1 is 1.00 bits per heavy atom. The third-order valence-electron chi connectivity index (χ3n) is 5.71. The summed E-state index contributed by atoms with van der Waals surface area (Å²) >= 11 is 0. The molecule has 0 aliphatic rings. The second kappa shape index (κ2) is 10.1. The first-order valence-electron chi connectivity index (χ1n) is 10.8. The molecule has 2 aromatic heterocycles. The number of nitrogens with zero attached hydrogens (tertiary/aromatic N) is 5. The van der Waals surface area contributed by atoms with Crippen molar-refractivity contribution in [2.24, 2.45) is 0 Å². The lowest BCUT2D eigenvalue weighted by atomic mass is 10.1. The van der Waals surface area contributed by atoms with Gasteiger partial charge >= 0.3 is 5.97 Å². The van der Waals surface area contributed by atoms with Crippen molar-refractivity contribution in [3.8, 4) is 11.4 Å². The molecule has 0 bridgehead atoms. The number of ketones is 1. The lowest BCUT2D eigenvalue weighted by Gasteiger charge is -2.10. The smallest absolute Gasteiger partial charge is 0.338 e. The van der Waals surface area contributed by atoms with Gasteiger partial charge in [0, 0.05) is 23.5 Å². The number of esters is 1. The van der Waals surface area contributed by atoms with E-state index in [0.29, 0.717) is 16.8 Å². The number of benzene rings is 2. The van der Waals surface area contributed by atoms with E-state index in [2.05, 4.69) is 20.1 Å². The number of methoxy groups -OCH3 is 1. The molecule has 0 radical (unpaired) electrons. The fraction of sp³-hybridized carbons (Fsp3) is 0.240. The number of Topliss-reactive ketones (excluding diaryl/α,β-unsaturated/α-hetero) is 1. The molecule has 0 aliphatic carbocycles. The number of hydrogen-bond acceptors (Lipinski definition) is 7. The van der Waals surface area contributed by atoms with Crippen molar-refractivity contribution in [1.29, 1.82) is 0 Å². The van der Waals surface area contributed by atoms with Gasteiger partial charge in [-0.1, -0.05) is 12.1 Å². The van der Waals surface area contributed by atoms with Crippen molar-refractivity contribution < 1.29 is 19.1 Å². The summed E-state index contributed by atoms with van der Waals surface area (Å²) in [6.07, 6.45) is 2.28. The summed E-state index contributed by atoms with van der Waals surface area (Å²) in [6.45, 7) is 4.30. The van der Waals surface area contributed by atoms with Gasteiger partial charge in [0.25, 0.3) is 0 Å². The molecule has 4 aromatic rings. The van der Waals surface area contributed by atoms with Gasteiger partial charge < -0.3 is 14.0 Å². The molecule has 0 saturated heterocycles. The van der Waals surface area contributed by atoms with Gasteiger partial charge in [-0.3, -0.25) is 4.79 Å². The summed E-state index contributed by atoms with van der Waals surface area (Å²) < 4.78 is 14.1. The van der Waals surface area contributed by atoms with E-state index >= 15 is 0 Å². The normalized spacial score (nSPS) is 10.8. The van der Waals surface area contributed by atoms with E-state index in [1.54, 1.807) is 31.4 Å². The first-order valence-corrected chi connectivity index (χ1v) is 10.8. The van der Waals surface area contributed by atoms with Crippen LogP contribution in [0, 0.1) is 13.8 Å². The van der Waals surface area contributed by atoms with E-state index in [1.165, 1.54) is 16.6 Å². The van der Waals surface area contributed by atoms with Crippen LogP contribution in [0.5, 0.6) is 5.75 Å². The zero-order chi connectivity index (χ0) is 24.1. The molecule has 9 heteroatoms. The van der Waals surface area contributed by atoms with Gasteiger partial charge in [0.05, 0.1) is 18.4 Å². The highest BCUT2D eigenvalue weighted by Gasteiger charge is 2.18. The molecule has 0 aliphatic heterocycles. The highest BCUT2D eigenvalue weighted by atomic mass is 16.5. The minimum Gasteiger partial charge on any atom is -0.497 e. The molecule has 0 spiro atoms. The van der Waals surface area contributed by atoms with E-state index in [0.717, 1.165) is 30.1 Å². The van der Waals surface area contributed by atoms with Crippen LogP contribution in [0.1, 0.15) is 37.7 Å². The molecule has 0 amide bonds. The number of carbonyl (C=O) groups excluding carboxylic acids is 2. The Hall–Kier alpha value is -4.27. The van der Waals surface area contributed by atoms with Gasteiger partial charge in [-0.2, -0.15) is 0 Å². The second-order valence-corrected chi connectivity index (χ2v) is 7.84. The van der Waals surface area contributed by atoms with Crippen LogP contribution in [0.3, 0.4) is 0 Å². The molecule has 4 rings (SSSR count). The van der Waals surface area contributed by atoms with Gasteiger partial charge in [-0.15, -0.1) is 5.10 Å². The molecule has 0 N–H and O–H groups in total. The highest BCUT2D eigenvalue weighted by molar-refractivity contribution is 6.00. The van der Waals surface area contributed by atoms with Crippen LogP contribution in [0.15, 0.2) is 60.9 Å². The molecule has 0 saturated carbocycles. The van der Waals surface area contributed by atoms with Crippen molar-refractivity contribution >= 4 is 11.8 Å². The standard InChI is InChI=1S/C25H25N5O4/c1-17-14-23(18(2)29(17)13-12-19-4-10-22(33-3)11-5-19)24(31)15-34-25(32)20-6-8-21(9-7-20)30-16-26-27-28-30/h4-11,14,16H,12-13,15H2,1-3H3. The van der Waals surface area contributed by atoms with E-state index in [4.69, 9.17) is 9.47 Å². The Morgan fingerprint density at radius 2 is 1.74 bits per heavy atom. The fourth-order valence-corrected chi connectivity index (χ4v) is 3.78. The maximum Gasteiger partial charge on any atom is 0.338 e. The maximum absolute atomic E-state index is 12.8. The number of rotatable bonds is 9. The number of aryl methyl sites for hydroxylation is 2. The summed E-state index contributed by atoms with van der Waals surface area (Å²) in [5, 5.41) is 11.0. The van der Waals surface area contributed by atoms with Gasteiger partial charge in [0.15, 0.2) is 6.61 Å². The Kier molecular flexibility index (Phi) is 6.82. The van der Waals surface area contributed by atoms with Crippen molar-refractivity contribution in [2.75, 3.05) is 13.7 Å². The minimum atomic E-state index is -0.565. The number of tetrazole rings is 1. The Labute approximate surface area is 196 Å². The molecule has 2 aromatic carbocycles. The molecule has 34 heavy (non-hydrogen) atoms. The van der Waals surface area contributed by atoms with Crippen molar-refractivity contribution in [1.82, 2.24) is 24.8 Å². The third-order valence-corrected chi connectivity index (χ3v) is 5.71. The molecule has 2 heterocycles. The summed E-state index contributed by atoms with van der Waals surface area (Å²) in [7, 11) is 1.64. The molecule has 0 fully saturated rings. The summed E-state index contributed by atoms with van der Waals surface area (Å²) in [5.41, 5.74) is 4.64. The summed E-state index contributed by atoms with van der Waals surface area (Å²) in [4.78, 5) is 25.2. The predicted molar refractivity (Wildman–Crippen MR) is 124 cm³/mol. The van der Waals surface area contributed by atoms with Crippen molar-refractivity contribution in [3.05, 3.63) is 89.0 Å². The third kappa shape index (κ3) is 5.03. The molecular weight excluding hydrogens is 434 g/mol. The van der Waals surface area contributed by atoms with Crippen LogP contribution in [-0.2, 0) is 17.7 Å². The van der Waals surface area contributed by atoms with Crippen LogP contribution in [0.25, 0.3) is 5.69 Å². The van der Waals surface area contributed by atoms with Gasteiger partial charge in [0.1, 0.15) is 12.1 Å². The topological polar surface area (TPSA) is 101 Å². The number of aromatic nitrogens is 5. The van der Waals surface area contributed by atoms with Crippen LogP contribution in [0.2, 0.25) is 0 Å². The molecule has 9 nitrogen and oxygen atoms in total. The largest absolute Gasteiger partial charge is 0.497 e. The Bertz CT molecular complexity index is 1280. The van der Waals surface area contributed by atoms with Crippen LogP contribution >= 0.6 is 0 Å². The van der Waals surface area contributed by atoms with E-state index in [1.807, 2.05) is 44.2 Å². The van der Waals surface area contributed by atoms with E-state index in [9.17, 15) is 9.59 Å². The molecular formula is C25H25N5O4.